The van der Waals surface area contributed by atoms with Gasteiger partial charge in [-0.2, -0.15) is 0 Å². The second kappa shape index (κ2) is 5.17. The first-order chi connectivity index (χ1) is 7.72. The number of benzene rings is 1. The first kappa shape index (κ1) is 11.9. The van der Waals surface area contributed by atoms with Crippen molar-refractivity contribution in [1.82, 2.24) is 10.2 Å². The van der Waals surface area contributed by atoms with Crippen molar-refractivity contribution in [2.24, 2.45) is 0 Å². The van der Waals surface area contributed by atoms with Crippen molar-refractivity contribution in [1.29, 1.82) is 0 Å². The van der Waals surface area contributed by atoms with Crippen molar-refractivity contribution in [2.45, 2.75) is 17.2 Å². The van der Waals surface area contributed by atoms with Crippen molar-refractivity contribution < 1.29 is 0 Å². The minimum atomic E-state index is -0.0762. The summed E-state index contributed by atoms with van der Waals surface area (Å²) in [5.74, 6) is 0. The molecule has 0 saturated carbocycles. The number of hydrogen-bond acceptors (Lipinski definition) is 4. The Morgan fingerprint density at radius 1 is 1.31 bits per heavy atom. The Labute approximate surface area is 108 Å². The van der Waals surface area contributed by atoms with Gasteiger partial charge in [0.2, 0.25) is 0 Å². The lowest BCUT2D eigenvalue weighted by molar-refractivity contribution is 0.962. The summed E-state index contributed by atoms with van der Waals surface area (Å²) >= 11 is 9.25. The molecule has 0 aliphatic carbocycles. The minimum Gasteiger partial charge on any atom is -0.142 e. The van der Waals surface area contributed by atoms with E-state index in [4.69, 9.17) is 11.6 Å². The van der Waals surface area contributed by atoms with Gasteiger partial charge in [0.1, 0.15) is 10.0 Å². The van der Waals surface area contributed by atoms with Crippen LogP contribution in [0.15, 0.2) is 29.2 Å². The number of alkyl halides is 1. The van der Waals surface area contributed by atoms with E-state index in [2.05, 4.69) is 28.6 Å². The number of thioether (sulfide) groups is 1. The first-order valence-corrected chi connectivity index (χ1v) is 7.31. The van der Waals surface area contributed by atoms with Crippen LogP contribution in [-0.4, -0.2) is 16.5 Å². The van der Waals surface area contributed by atoms with E-state index in [1.807, 2.05) is 19.1 Å². The van der Waals surface area contributed by atoms with E-state index in [-0.39, 0.29) is 5.38 Å². The van der Waals surface area contributed by atoms with Crippen molar-refractivity contribution in [3.8, 4) is 10.6 Å². The fourth-order valence-electron chi connectivity index (χ4n) is 1.33. The first-order valence-electron chi connectivity index (χ1n) is 4.83. The molecule has 0 radical (unpaired) electrons. The van der Waals surface area contributed by atoms with E-state index in [1.54, 1.807) is 23.1 Å². The topological polar surface area (TPSA) is 25.8 Å². The lowest BCUT2D eigenvalue weighted by atomic mass is 10.2. The molecule has 0 saturated heterocycles. The Morgan fingerprint density at radius 3 is 2.69 bits per heavy atom. The van der Waals surface area contributed by atoms with E-state index in [0.717, 1.165) is 15.6 Å². The molecule has 5 heteroatoms. The van der Waals surface area contributed by atoms with Gasteiger partial charge >= 0.3 is 0 Å². The van der Waals surface area contributed by atoms with Gasteiger partial charge in [0.15, 0.2) is 0 Å². The van der Waals surface area contributed by atoms with Crippen molar-refractivity contribution in [2.75, 3.05) is 6.26 Å². The summed E-state index contributed by atoms with van der Waals surface area (Å²) in [7, 11) is 0. The van der Waals surface area contributed by atoms with Crippen LogP contribution in [0.3, 0.4) is 0 Å². The van der Waals surface area contributed by atoms with Gasteiger partial charge < -0.3 is 0 Å². The van der Waals surface area contributed by atoms with Gasteiger partial charge in [-0.25, -0.2) is 0 Å². The average molecular weight is 271 g/mol. The highest BCUT2D eigenvalue weighted by Crippen LogP contribution is 2.34. The number of aromatic nitrogens is 2. The van der Waals surface area contributed by atoms with Crippen molar-refractivity contribution in [3.63, 3.8) is 0 Å². The smallest absolute Gasteiger partial charge is 0.142 e. The lowest BCUT2D eigenvalue weighted by Crippen LogP contribution is -1.81. The quantitative estimate of drug-likeness (QED) is 0.617. The Kier molecular flexibility index (Phi) is 3.84. The molecule has 2 rings (SSSR count). The van der Waals surface area contributed by atoms with Gasteiger partial charge in [0.25, 0.3) is 0 Å². The SMILES string of the molecule is CSc1ccccc1-c1nnc(C(C)Cl)s1. The fourth-order valence-corrected chi connectivity index (χ4v) is 2.98. The number of halogens is 1. The molecule has 16 heavy (non-hydrogen) atoms. The zero-order valence-electron chi connectivity index (χ0n) is 8.98. The molecule has 0 spiro atoms. The molecule has 84 valence electrons. The third-order valence-electron chi connectivity index (χ3n) is 2.12. The van der Waals surface area contributed by atoms with Crippen LogP contribution in [0, 0.1) is 0 Å². The molecule has 2 aromatic rings. The normalized spacial score (nSPS) is 12.7. The highest BCUT2D eigenvalue weighted by Gasteiger charge is 2.12. The molecule has 1 unspecified atom stereocenters. The summed E-state index contributed by atoms with van der Waals surface area (Å²) in [5.41, 5.74) is 1.14. The van der Waals surface area contributed by atoms with Crippen LogP contribution in [0.4, 0.5) is 0 Å². The zero-order chi connectivity index (χ0) is 11.5. The lowest BCUT2D eigenvalue weighted by Gasteiger charge is -2.01. The third kappa shape index (κ3) is 2.39. The van der Waals surface area contributed by atoms with E-state index in [1.165, 1.54) is 4.90 Å². The highest BCUT2D eigenvalue weighted by atomic mass is 35.5. The van der Waals surface area contributed by atoms with E-state index in [0.29, 0.717) is 0 Å². The van der Waals surface area contributed by atoms with Crippen LogP contribution in [0.5, 0.6) is 0 Å². The predicted octanol–water partition coefficient (Wildman–Crippen LogP) is 4.23. The molecule has 0 aliphatic heterocycles. The van der Waals surface area contributed by atoms with Gasteiger partial charge in [-0.05, 0) is 19.2 Å². The Hall–Kier alpha value is -0.580. The van der Waals surface area contributed by atoms with E-state index < -0.39 is 0 Å². The third-order valence-corrected chi connectivity index (χ3v) is 4.39. The molecule has 1 atom stereocenters. The standard InChI is InChI=1S/C11H11ClN2S2/c1-7(12)10-13-14-11(16-10)8-5-3-4-6-9(8)15-2/h3-7H,1-2H3. The summed E-state index contributed by atoms with van der Waals surface area (Å²) in [6.07, 6.45) is 2.06. The maximum Gasteiger partial charge on any atom is 0.148 e. The van der Waals surface area contributed by atoms with Crippen molar-refractivity contribution in [3.05, 3.63) is 29.3 Å². The molecule has 2 nitrogen and oxygen atoms in total. The second-order valence-electron chi connectivity index (χ2n) is 3.26. The largest absolute Gasteiger partial charge is 0.148 e. The van der Waals surface area contributed by atoms with Crippen LogP contribution in [0.1, 0.15) is 17.3 Å². The summed E-state index contributed by atoms with van der Waals surface area (Å²) < 4.78 is 0. The van der Waals surface area contributed by atoms with Gasteiger partial charge in [0, 0.05) is 10.5 Å². The van der Waals surface area contributed by atoms with Gasteiger partial charge in [0.05, 0.1) is 5.38 Å². The number of nitrogens with zero attached hydrogens (tertiary/aromatic N) is 2. The molecular formula is C11H11ClN2S2. The summed E-state index contributed by atoms with van der Waals surface area (Å²) in [4.78, 5) is 1.22. The van der Waals surface area contributed by atoms with Crippen LogP contribution in [0.2, 0.25) is 0 Å². The Balaban J connectivity index is 2.42. The van der Waals surface area contributed by atoms with E-state index in [9.17, 15) is 0 Å². The van der Waals surface area contributed by atoms with Crippen LogP contribution < -0.4 is 0 Å². The molecule has 0 amide bonds. The second-order valence-corrected chi connectivity index (χ2v) is 5.77. The zero-order valence-corrected chi connectivity index (χ0v) is 11.4. The molecule has 1 heterocycles. The molecule has 0 aliphatic rings. The van der Waals surface area contributed by atoms with Crippen LogP contribution in [0.25, 0.3) is 10.6 Å². The average Bonchev–Trinajstić information content (AvgIpc) is 2.78. The van der Waals surface area contributed by atoms with Gasteiger partial charge in [-0.15, -0.1) is 33.6 Å². The highest BCUT2D eigenvalue weighted by molar-refractivity contribution is 7.98. The van der Waals surface area contributed by atoms with E-state index >= 15 is 0 Å². The number of rotatable bonds is 3. The van der Waals surface area contributed by atoms with Crippen molar-refractivity contribution >= 4 is 34.7 Å². The maximum atomic E-state index is 5.98. The van der Waals surface area contributed by atoms with Gasteiger partial charge in [-0.3, -0.25) is 0 Å². The molecule has 1 aromatic heterocycles. The van der Waals surface area contributed by atoms with Gasteiger partial charge in [-0.1, -0.05) is 29.5 Å². The number of hydrogen-bond donors (Lipinski definition) is 0. The monoisotopic (exact) mass is 270 g/mol. The van der Waals surface area contributed by atoms with Crippen LogP contribution >= 0.6 is 34.7 Å². The Bertz CT molecular complexity index is 482. The predicted molar refractivity (Wildman–Crippen MR) is 71.4 cm³/mol. The maximum absolute atomic E-state index is 5.98. The van der Waals surface area contributed by atoms with Crippen LogP contribution in [-0.2, 0) is 0 Å². The summed E-state index contributed by atoms with van der Waals surface area (Å²) in [6.45, 7) is 1.91. The molecule has 0 fully saturated rings. The fraction of sp³-hybridized carbons (Fsp3) is 0.273. The molecule has 1 aromatic carbocycles. The molecule has 0 bridgehead atoms. The molecular weight excluding hydrogens is 260 g/mol. The Morgan fingerprint density at radius 2 is 2.06 bits per heavy atom. The summed E-state index contributed by atoms with van der Waals surface area (Å²) in [5, 5.41) is 10.0. The summed E-state index contributed by atoms with van der Waals surface area (Å²) in [6, 6.07) is 8.20. The molecule has 0 N–H and O–H groups in total. The minimum absolute atomic E-state index is 0.0762.